The van der Waals surface area contributed by atoms with Crippen LogP contribution in [0.4, 0.5) is 4.79 Å². The summed E-state index contributed by atoms with van der Waals surface area (Å²) in [6.07, 6.45) is 1.39. The summed E-state index contributed by atoms with van der Waals surface area (Å²) in [4.78, 5) is 22.2. The highest BCUT2D eigenvalue weighted by Crippen LogP contribution is 2.00. The highest BCUT2D eigenvalue weighted by molar-refractivity contribution is 5.86. The zero-order valence-corrected chi connectivity index (χ0v) is 10.7. The Morgan fingerprint density at radius 3 is 2.53 bits per heavy atom. The summed E-state index contributed by atoms with van der Waals surface area (Å²) in [6, 6.07) is 9.45. The topological polar surface area (TPSA) is 67.4 Å². The maximum Gasteiger partial charge on any atom is 0.407 e. The van der Waals surface area contributed by atoms with Gasteiger partial charge in [0.15, 0.2) is 0 Å². The molecule has 0 aliphatic carbocycles. The molecule has 0 saturated carbocycles. The van der Waals surface area contributed by atoms with Crippen molar-refractivity contribution < 1.29 is 14.3 Å². The monoisotopic (exact) mass is 262 g/mol. The lowest BCUT2D eigenvalue weighted by Gasteiger charge is -2.07. The second kappa shape index (κ2) is 8.74. The van der Waals surface area contributed by atoms with Crippen LogP contribution in [-0.2, 0) is 16.1 Å². The molecule has 0 spiro atoms. The number of hydrogen-bond acceptors (Lipinski definition) is 3. The number of benzene rings is 1. The molecule has 0 heterocycles. The van der Waals surface area contributed by atoms with E-state index >= 15 is 0 Å². The number of ether oxygens (including phenoxy) is 1. The lowest BCUT2D eigenvalue weighted by molar-refractivity contribution is -0.116. The Hall–Kier alpha value is -2.30. The smallest absolute Gasteiger partial charge is 0.407 e. The Balaban J connectivity index is 2.05. The molecule has 0 aliphatic heterocycles. The fraction of sp³-hybridized carbons (Fsp3) is 0.286. The predicted molar refractivity (Wildman–Crippen MR) is 72.5 cm³/mol. The first-order valence-corrected chi connectivity index (χ1v) is 6.07. The number of nitrogens with one attached hydrogen (secondary N) is 2. The van der Waals surface area contributed by atoms with Gasteiger partial charge in [0.2, 0.25) is 5.91 Å². The molecule has 5 nitrogen and oxygen atoms in total. The average molecular weight is 262 g/mol. The summed E-state index contributed by atoms with van der Waals surface area (Å²) >= 11 is 0. The van der Waals surface area contributed by atoms with E-state index in [0.717, 1.165) is 5.56 Å². The van der Waals surface area contributed by atoms with E-state index in [4.69, 9.17) is 4.74 Å². The SMILES string of the molecule is C=CC(=O)NCCCNC(=O)OCc1ccccc1. The number of alkyl carbamates (subject to hydrolysis) is 1. The van der Waals surface area contributed by atoms with E-state index in [9.17, 15) is 9.59 Å². The lowest BCUT2D eigenvalue weighted by Crippen LogP contribution is -2.29. The van der Waals surface area contributed by atoms with Gasteiger partial charge in [-0.05, 0) is 18.1 Å². The van der Waals surface area contributed by atoms with E-state index in [0.29, 0.717) is 19.5 Å². The Morgan fingerprint density at radius 2 is 1.84 bits per heavy atom. The minimum absolute atomic E-state index is 0.216. The van der Waals surface area contributed by atoms with E-state index in [1.54, 1.807) is 0 Å². The lowest BCUT2D eigenvalue weighted by atomic mass is 10.2. The standard InChI is InChI=1S/C14H18N2O3/c1-2-13(17)15-9-6-10-16-14(18)19-11-12-7-4-3-5-8-12/h2-5,7-8H,1,6,9-11H2,(H,15,17)(H,16,18). The Morgan fingerprint density at radius 1 is 1.16 bits per heavy atom. The molecule has 5 heteroatoms. The average Bonchev–Trinajstić information content (AvgIpc) is 2.45. The number of amides is 2. The van der Waals surface area contributed by atoms with Gasteiger partial charge in [0.1, 0.15) is 6.61 Å². The summed E-state index contributed by atoms with van der Waals surface area (Å²) in [5.41, 5.74) is 0.941. The fourth-order valence-corrected chi connectivity index (χ4v) is 1.34. The zero-order valence-electron chi connectivity index (χ0n) is 10.7. The van der Waals surface area contributed by atoms with Crippen LogP contribution in [0.15, 0.2) is 43.0 Å². The molecule has 0 fully saturated rings. The van der Waals surface area contributed by atoms with E-state index in [1.807, 2.05) is 30.3 Å². The molecule has 0 unspecified atom stereocenters. The van der Waals surface area contributed by atoms with Crippen LogP contribution in [0.3, 0.4) is 0 Å². The van der Waals surface area contributed by atoms with Crippen molar-refractivity contribution in [2.24, 2.45) is 0 Å². The van der Waals surface area contributed by atoms with Gasteiger partial charge < -0.3 is 15.4 Å². The Kier molecular flexibility index (Phi) is 6.79. The number of carbonyl (C=O) groups is 2. The molecule has 0 bridgehead atoms. The summed E-state index contributed by atoms with van der Waals surface area (Å²) in [5, 5.41) is 5.22. The van der Waals surface area contributed by atoms with Crippen molar-refractivity contribution in [3.8, 4) is 0 Å². The predicted octanol–water partition coefficient (Wildman–Crippen LogP) is 1.61. The number of hydrogen-bond donors (Lipinski definition) is 2. The summed E-state index contributed by atoms with van der Waals surface area (Å²) < 4.78 is 5.02. The third kappa shape index (κ3) is 6.88. The maximum atomic E-state index is 11.3. The van der Waals surface area contributed by atoms with Crippen molar-refractivity contribution in [2.45, 2.75) is 13.0 Å². The number of rotatable bonds is 7. The quantitative estimate of drug-likeness (QED) is 0.579. The summed E-state index contributed by atoms with van der Waals surface area (Å²) in [6.45, 7) is 4.53. The van der Waals surface area contributed by atoms with Crippen LogP contribution in [0.5, 0.6) is 0 Å². The van der Waals surface area contributed by atoms with Crippen LogP contribution in [0.1, 0.15) is 12.0 Å². The summed E-state index contributed by atoms with van der Waals surface area (Å²) in [7, 11) is 0. The third-order valence-corrected chi connectivity index (χ3v) is 2.32. The molecule has 19 heavy (non-hydrogen) atoms. The molecule has 2 amide bonds. The van der Waals surface area contributed by atoms with Crippen molar-refractivity contribution >= 4 is 12.0 Å². The van der Waals surface area contributed by atoms with E-state index < -0.39 is 6.09 Å². The maximum absolute atomic E-state index is 11.3. The second-order valence-corrected chi connectivity index (χ2v) is 3.84. The van der Waals surface area contributed by atoms with Crippen LogP contribution >= 0.6 is 0 Å². The molecule has 1 aromatic rings. The van der Waals surface area contributed by atoms with Gasteiger partial charge in [-0.25, -0.2) is 4.79 Å². The fourth-order valence-electron chi connectivity index (χ4n) is 1.34. The first-order chi connectivity index (χ1) is 9.22. The van der Waals surface area contributed by atoms with Crippen molar-refractivity contribution in [3.63, 3.8) is 0 Å². The van der Waals surface area contributed by atoms with E-state index in [2.05, 4.69) is 17.2 Å². The Labute approximate surface area is 112 Å². The van der Waals surface area contributed by atoms with Gasteiger partial charge in [-0.15, -0.1) is 0 Å². The minimum atomic E-state index is -0.459. The van der Waals surface area contributed by atoms with Crippen molar-refractivity contribution in [1.29, 1.82) is 0 Å². The molecule has 1 rings (SSSR count). The second-order valence-electron chi connectivity index (χ2n) is 3.84. The van der Waals surface area contributed by atoms with Crippen LogP contribution in [0, 0.1) is 0 Å². The Bertz CT molecular complexity index is 418. The van der Waals surface area contributed by atoms with Crippen LogP contribution in [0.2, 0.25) is 0 Å². The molecule has 0 aromatic heterocycles. The zero-order chi connectivity index (χ0) is 13.9. The molecular formula is C14H18N2O3. The number of carbonyl (C=O) groups excluding carboxylic acids is 2. The first kappa shape index (κ1) is 14.8. The normalized spacial score (nSPS) is 9.47. The van der Waals surface area contributed by atoms with Gasteiger partial charge in [0.05, 0.1) is 0 Å². The highest BCUT2D eigenvalue weighted by Gasteiger charge is 2.01. The van der Waals surface area contributed by atoms with Gasteiger partial charge >= 0.3 is 6.09 Å². The first-order valence-electron chi connectivity index (χ1n) is 6.07. The third-order valence-electron chi connectivity index (χ3n) is 2.32. The molecule has 102 valence electrons. The highest BCUT2D eigenvalue weighted by atomic mass is 16.5. The van der Waals surface area contributed by atoms with E-state index in [1.165, 1.54) is 6.08 Å². The van der Waals surface area contributed by atoms with Crippen LogP contribution < -0.4 is 10.6 Å². The molecule has 2 N–H and O–H groups in total. The largest absolute Gasteiger partial charge is 0.445 e. The van der Waals surface area contributed by atoms with Crippen molar-refractivity contribution in [3.05, 3.63) is 48.6 Å². The van der Waals surface area contributed by atoms with E-state index in [-0.39, 0.29) is 12.5 Å². The molecule has 0 saturated heterocycles. The van der Waals surface area contributed by atoms with Crippen LogP contribution in [0.25, 0.3) is 0 Å². The van der Waals surface area contributed by atoms with Gasteiger partial charge in [0.25, 0.3) is 0 Å². The van der Waals surface area contributed by atoms with Crippen LogP contribution in [-0.4, -0.2) is 25.1 Å². The van der Waals surface area contributed by atoms with Gasteiger partial charge in [-0.1, -0.05) is 36.9 Å². The summed E-state index contributed by atoms with van der Waals surface area (Å²) in [5.74, 6) is -0.216. The van der Waals surface area contributed by atoms with Gasteiger partial charge in [-0.3, -0.25) is 4.79 Å². The molecule has 0 aliphatic rings. The van der Waals surface area contributed by atoms with Crippen molar-refractivity contribution in [2.75, 3.05) is 13.1 Å². The minimum Gasteiger partial charge on any atom is -0.445 e. The van der Waals surface area contributed by atoms with Gasteiger partial charge in [0, 0.05) is 13.1 Å². The molecular weight excluding hydrogens is 244 g/mol. The molecule has 0 atom stereocenters. The molecule has 0 radical (unpaired) electrons. The molecule has 1 aromatic carbocycles. The van der Waals surface area contributed by atoms with Gasteiger partial charge in [-0.2, -0.15) is 0 Å². The van der Waals surface area contributed by atoms with Crippen molar-refractivity contribution in [1.82, 2.24) is 10.6 Å².